The van der Waals surface area contributed by atoms with Crippen molar-refractivity contribution >= 4 is 37.4 Å². The first-order valence-corrected chi connectivity index (χ1v) is 8.60. The Bertz CT molecular complexity index is 633. The summed E-state index contributed by atoms with van der Waals surface area (Å²) in [5.74, 6) is -1.73. The molecule has 1 aromatic rings. The van der Waals surface area contributed by atoms with Crippen LogP contribution in [-0.4, -0.2) is 37.0 Å². The summed E-state index contributed by atoms with van der Waals surface area (Å²) in [6, 6.07) is 2.53. The lowest BCUT2D eigenvalue weighted by Gasteiger charge is -2.24. The second kappa shape index (κ2) is 5.69. The van der Waals surface area contributed by atoms with Crippen LogP contribution in [0.4, 0.5) is 10.1 Å². The molecule has 0 saturated carbocycles. The average Bonchev–Trinajstić information content (AvgIpc) is 2.37. The third-order valence-corrected chi connectivity index (χ3v) is 5.72. The summed E-state index contributed by atoms with van der Waals surface area (Å²) in [6.45, 7) is 0. The Morgan fingerprint density at radius 3 is 2.50 bits per heavy atom. The number of rotatable bonds is 3. The topological polar surface area (TPSA) is 83.5 Å². The second-order valence-electron chi connectivity index (χ2n) is 4.66. The van der Waals surface area contributed by atoms with Gasteiger partial charge in [-0.05, 0) is 40.9 Å². The summed E-state index contributed by atoms with van der Waals surface area (Å²) in [5.41, 5.74) is 0.0189. The molecular weight excluding hydrogens is 353 g/mol. The number of sulfone groups is 1. The minimum absolute atomic E-state index is 0.0840. The zero-order valence-electron chi connectivity index (χ0n) is 10.4. The van der Waals surface area contributed by atoms with E-state index in [4.69, 9.17) is 5.11 Å². The van der Waals surface area contributed by atoms with Gasteiger partial charge in [0.05, 0.1) is 27.2 Å². The molecule has 0 bridgehead atoms. The molecule has 1 saturated heterocycles. The van der Waals surface area contributed by atoms with Crippen molar-refractivity contribution < 1.29 is 22.7 Å². The Morgan fingerprint density at radius 2 is 1.95 bits per heavy atom. The van der Waals surface area contributed by atoms with E-state index < -0.39 is 21.6 Å². The number of carbonyl (C=O) groups is 1. The molecular formula is C12H13BrFNO4S. The van der Waals surface area contributed by atoms with Gasteiger partial charge in [0, 0.05) is 6.04 Å². The molecule has 0 spiro atoms. The SMILES string of the molecule is O=C(O)c1ccc(NC2CCS(=O)(=O)CC2)c(F)c1Br. The fourth-order valence-corrected chi connectivity index (χ4v) is 4.09. The average molecular weight is 366 g/mol. The lowest BCUT2D eigenvalue weighted by atomic mass is 10.1. The first kappa shape index (κ1) is 15.2. The number of aromatic carboxylic acids is 1. The fourth-order valence-electron chi connectivity index (χ4n) is 2.08. The van der Waals surface area contributed by atoms with Gasteiger partial charge in [-0.3, -0.25) is 0 Å². The molecule has 1 aliphatic heterocycles. The Hall–Kier alpha value is -1.15. The van der Waals surface area contributed by atoms with Crippen LogP contribution in [0.25, 0.3) is 0 Å². The molecule has 1 aromatic carbocycles. The van der Waals surface area contributed by atoms with E-state index in [1.165, 1.54) is 12.1 Å². The van der Waals surface area contributed by atoms with Crippen molar-refractivity contribution in [2.45, 2.75) is 18.9 Å². The third-order valence-electron chi connectivity index (χ3n) is 3.23. The van der Waals surface area contributed by atoms with Crippen molar-refractivity contribution in [3.63, 3.8) is 0 Å². The maximum absolute atomic E-state index is 14.0. The Labute approximate surface area is 124 Å². The zero-order valence-corrected chi connectivity index (χ0v) is 12.8. The molecule has 0 radical (unpaired) electrons. The predicted octanol–water partition coefficient (Wildman–Crippen LogP) is 2.28. The zero-order chi connectivity index (χ0) is 14.9. The highest BCUT2D eigenvalue weighted by Gasteiger charge is 2.25. The molecule has 0 aliphatic carbocycles. The van der Waals surface area contributed by atoms with E-state index in [1.54, 1.807) is 0 Å². The Morgan fingerprint density at radius 1 is 1.35 bits per heavy atom. The van der Waals surface area contributed by atoms with E-state index in [9.17, 15) is 17.6 Å². The van der Waals surface area contributed by atoms with E-state index in [0.717, 1.165) is 0 Å². The van der Waals surface area contributed by atoms with Gasteiger partial charge in [0.25, 0.3) is 0 Å². The van der Waals surface area contributed by atoms with Crippen LogP contribution in [0.15, 0.2) is 16.6 Å². The minimum atomic E-state index is -2.96. The maximum Gasteiger partial charge on any atom is 0.336 e. The normalized spacial score (nSPS) is 18.7. The van der Waals surface area contributed by atoms with E-state index in [1.807, 2.05) is 0 Å². The van der Waals surface area contributed by atoms with Crippen molar-refractivity contribution in [3.05, 3.63) is 28.0 Å². The molecule has 110 valence electrons. The lowest BCUT2D eigenvalue weighted by molar-refractivity contribution is 0.0695. The van der Waals surface area contributed by atoms with Crippen LogP contribution in [0.1, 0.15) is 23.2 Å². The van der Waals surface area contributed by atoms with Crippen LogP contribution in [0.5, 0.6) is 0 Å². The maximum atomic E-state index is 14.0. The van der Waals surface area contributed by atoms with Crippen LogP contribution in [-0.2, 0) is 9.84 Å². The van der Waals surface area contributed by atoms with E-state index in [-0.39, 0.29) is 33.3 Å². The molecule has 2 rings (SSSR count). The highest BCUT2D eigenvalue weighted by molar-refractivity contribution is 9.10. The number of hydrogen-bond donors (Lipinski definition) is 2. The van der Waals surface area contributed by atoms with Crippen molar-refractivity contribution in [1.82, 2.24) is 0 Å². The highest BCUT2D eigenvalue weighted by atomic mass is 79.9. The number of anilines is 1. The quantitative estimate of drug-likeness (QED) is 0.858. The smallest absolute Gasteiger partial charge is 0.336 e. The third kappa shape index (κ3) is 3.29. The summed E-state index contributed by atoms with van der Waals surface area (Å²) in [7, 11) is -2.96. The Balaban J connectivity index is 2.15. The van der Waals surface area contributed by atoms with Gasteiger partial charge >= 0.3 is 5.97 Å². The summed E-state index contributed by atoms with van der Waals surface area (Å²) < 4.78 is 36.6. The largest absolute Gasteiger partial charge is 0.478 e. The van der Waals surface area contributed by atoms with Gasteiger partial charge in [0.15, 0.2) is 5.82 Å². The summed E-state index contributed by atoms with van der Waals surface area (Å²) in [5, 5.41) is 11.8. The number of carboxylic acid groups (broad SMARTS) is 1. The van der Waals surface area contributed by atoms with Crippen molar-refractivity contribution in [3.8, 4) is 0 Å². The predicted molar refractivity (Wildman–Crippen MR) is 76.4 cm³/mol. The molecule has 20 heavy (non-hydrogen) atoms. The second-order valence-corrected chi connectivity index (χ2v) is 7.76. The van der Waals surface area contributed by atoms with Gasteiger partial charge in [-0.15, -0.1) is 0 Å². The molecule has 1 fully saturated rings. The monoisotopic (exact) mass is 365 g/mol. The molecule has 0 atom stereocenters. The van der Waals surface area contributed by atoms with Crippen LogP contribution < -0.4 is 5.32 Å². The standard InChI is InChI=1S/C12H13BrFNO4S/c13-10-8(12(16)17)1-2-9(11(10)14)15-7-3-5-20(18,19)6-4-7/h1-2,7,15H,3-6H2,(H,16,17). The number of carboxylic acids is 1. The van der Waals surface area contributed by atoms with Crippen molar-refractivity contribution in [2.75, 3.05) is 16.8 Å². The molecule has 5 nitrogen and oxygen atoms in total. The summed E-state index contributed by atoms with van der Waals surface area (Å²) in [4.78, 5) is 10.9. The van der Waals surface area contributed by atoms with Gasteiger partial charge in [-0.1, -0.05) is 0 Å². The van der Waals surface area contributed by atoms with E-state index in [0.29, 0.717) is 12.8 Å². The molecule has 2 N–H and O–H groups in total. The Kier molecular flexibility index (Phi) is 4.33. The summed E-state index contributed by atoms with van der Waals surface area (Å²) in [6.07, 6.45) is 0.833. The molecule has 0 amide bonds. The fraction of sp³-hybridized carbons (Fsp3) is 0.417. The first-order chi connectivity index (χ1) is 9.30. The first-order valence-electron chi connectivity index (χ1n) is 5.98. The number of halogens is 2. The number of nitrogens with one attached hydrogen (secondary N) is 1. The van der Waals surface area contributed by atoms with Crippen LogP contribution in [0.2, 0.25) is 0 Å². The number of benzene rings is 1. The van der Waals surface area contributed by atoms with Gasteiger partial charge < -0.3 is 10.4 Å². The molecule has 1 heterocycles. The number of hydrogen-bond acceptors (Lipinski definition) is 4. The van der Waals surface area contributed by atoms with Crippen LogP contribution >= 0.6 is 15.9 Å². The molecule has 1 aliphatic rings. The van der Waals surface area contributed by atoms with Crippen LogP contribution in [0.3, 0.4) is 0 Å². The van der Waals surface area contributed by atoms with Crippen LogP contribution in [0, 0.1) is 5.82 Å². The van der Waals surface area contributed by atoms with Crippen molar-refractivity contribution in [1.29, 1.82) is 0 Å². The van der Waals surface area contributed by atoms with E-state index in [2.05, 4.69) is 21.2 Å². The lowest BCUT2D eigenvalue weighted by Crippen LogP contribution is -2.32. The van der Waals surface area contributed by atoms with E-state index >= 15 is 0 Å². The minimum Gasteiger partial charge on any atom is -0.478 e. The van der Waals surface area contributed by atoms with Gasteiger partial charge in [-0.25, -0.2) is 17.6 Å². The highest BCUT2D eigenvalue weighted by Crippen LogP contribution is 2.28. The van der Waals surface area contributed by atoms with Gasteiger partial charge in [0.2, 0.25) is 0 Å². The van der Waals surface area contributed by atoms with Gasteiger partial charge in [-0.2, -0.15) is 0 Å². The van der Waals surface area contributed by atoms with Crippen molar-refractivity contribution in [2.24, 2.45) is 0 Å². The summed E-state index contributed by atoms with van der Waals surface area (Å²) >= 11 is 2.92. The van der Waals surface area contributed by atoms with Gasteiger partial charge in [0.1, 0.15) is 9.84 Å². The molecule has 8 heteroatoms. The molecule has 0 unspecified atom stereocenters. The molecule has 0 aromatic heterocycles.